The van der Waals surface area contributed by atoms with Crippen LogP contribution in [-0.4, -0.2) is 21.6 Å². The molecule has 0 aliphatic heterocycles. The SMILES string of the molecule is CCOc1nc(Cl)nc(Oc2ccc(C)c(C)c2)n1. The van der Waals surface area contributed by atoms with Gasteiger partial charge in [-0.15, -0.1) is 4.98 Å². The predicted molar refractivity (Wildman–Crippen MR) is 72.0 cm³/mol. The van der Waals surface area contributed by atoms with Gasteiger partial charge in [-0.3, -0.25) is 0 Å². The molecule has 0 aliphatic carbocycles. The van der Waals surface area contributed by atoms with Gasteiger partial charge in [0.05, 0.1) is 6.61 Å². The zero-order chi connectivity index (χ0) is 13.8. The number of aryl methyl sites for hydroxylation is 2. The molecule has 0 fully saturated rings. The monoisotopic (exact) mass is 279 g/mol. The molecule has 0 atom stereocenters. The Morgan fingerprint density at radius 3 is 2.47 bits per heavy atom. The second kappa shape index (κ2) is 5.84. The van der Waals surface area contributed by atoms with Gasteiger partial charge in [0.25, 0.3) is 0 Å². The maximum Gasteiger partial charge on any atom is 0.329 e. The molecular formula is C13H14ClN3O2. The summed E-state index contributed by atoms with van der Waals surface area (Å²) in [5.74, 6) is 0.646. The molecule has 1 aromatic carbocycles. The highest BCUT2D eigenvalue weighted by molar-refractivity contribution is 6.28. The Hall–Kier alpha value is -1.88. The molecule has 0 amide bonds. The van der Waals surface area contributed by atoms with Gasteiger partial charge in [-0.2, -0.15) is 9.97 Å². The summed E-state index contributed by atoms with van der Waals surface area (Å²) < 4.78 is 10.7. The van der Waals surface area contributed by atoms with Crippen LogP contribution in [0.5, 0.6) is 17.8 Å². The normalized spacial score (nSPS) is 10.3. The Bertz CT molecular complexity index is 590. The van der Waals surface area contributed by atoms with Crippen LogP contribution in [-0.2, 0) is 0 Å². The van der Waals surface area contributed by atoms with E-state index in [4.69, 9.17) is 21.1 Å². The third kappa shape index (κ3) is 3.54. The van der Waals surface area contributed by atoms with Crippen LogP contribution in [0, 0.1) is 13.8 Å². The predicted octanol–water partition coefficient (Wildman–Crippen LogP) is 3.33. The van der Waals surface area contributed by atoms with Crippen molar-refractivity contribution in [2.24, 2.45) is 0 Å². The maximum absolute atomic E-state index is 5.79. The molecule has 0 spiro atoms. The standard InChI is InChI=1S/C13H14ClN3O2/c1-4-18-12-15-11(14)16-13(17-12)19-10-6-5-8(2)9(3)7-10/h5-7H,4H2,1-3H3. The third-order valence-corrected chi connectivity index (χ3v) is 2.70. The Morgan fingerprint density at radius 2 is 1.79 bits per heavy atom. The van der Waals surface area contributed by atoms with E-state index >= 15 is 0 Å². The first-order valence-electron chi connectivity index (χ1n) is 5.88. The first kappa shape index (κ1) is 13.5. The van der Waals surface area contributed by atoms with Crippen molar-refractivity contribution in [2.45, 2.75) is 20.8 Å². The molecule has 100 valence electrons. The summed E-state index contributed by atoms with van der Waals surface area (Å²) in [5, 5.41) is 0.0392. The fourth-order valence-electron chi connectivity index (χ4n) is 1.44. The number of nitrogens with zero attached hydrogens (tertiary/aromatic N) is 3. The minimum atomic E-state index is 0.0392. The first-order chi connectivity index (χ1) is 9.08. The van der Waals surface area contributed by atoms with Gasteiger partial charge < -0.3 is 9.47 Å². The van der Waals surface area contributed by atoms with E-state index in [1.54, 1.807) is 0 Å². The lowest BCUT2D eigenvalue weighted by molar-refractivity contribution is 0.303. The number of rotatable bonds is 4. The van der Waals surface area contributed by atoms with E-state index in [1.807, 2.05) is 39.0 Å². The largest absolute Gasteiger partial charge is 0.464 e. The molecule has 0 saturated heterocycles. The van der Waals surface area contributed by atoms with Crippen LogP contribution < -0.4 is 9.47 Å². The summed E-state index contributed by atoms with van der Waals surface area (Å²) in [4.78, 5) is 11.8. The molecular weight excluding hydrogens is 266 g/mol. The molecule has 0 unspecified atom stereocenters. The average Bonchev–Trinajstić information content (AvgIpc) is 2.33. The van der Waals surface area contributed by atoms with Crippen LogP contribution in [0.2, 0.25) is 5.28 Å². The molecule has 19 heavy (non-hydrogen) atoms. The number of aromatic nitrogens is 3. The van der Waals surface area contributed by atoms with Crippen molar-refractivity contribution in [3.63, 3.8) is 0 Å². The molecule has 1 heterocycles. The summed E-state index contributed by atoms with van der Waals surface area (Å²) >= 11 is 5.79. The fourth-order valence-corrected chi connectivity index (χ4v) is 1.58. The summed E-state index contributed by atoms with van der Waals surface area (Å²) in [6, 6.07) is 6.00. The maximum atomic E-state index is 5.79. The highest BCUT2D eigenvalue weighted by Gasteiger charge is 2.08. The fraction of sp³-hybridized carbons (Fsp3) is 0.308. The molecule has 0 radical (unpaired) electrons. The van der Waals surface area contributed by atoms with Gasteiger partial charge in [0.15, 0.2) is 0 Å². The van der Waals surface area contributed by atoms with Gasteiger partial charge in [0.1, 0.15) is 5.75 Å². The molecule has 6 heteroatoms. The molecule has 0 bridgehead atoms. The Morgan fingerprint density at radius 1 is 1.05 bits per heavy atom. The molecule has 0 saturated carbocycles. The molecule has 5 nitrogen and oxygen atoms in total. The molecule has 2 rings (SSSR count). The van der Waals surface area contributed by atoms with Crippen LogP contribution in [0.1, 0.15) is 18.1 Å². The summed E-state index contributed by atoms with van der Waals surface area (Å²) in [5.41, 5.74) is 2.32. The van der Waals surface area contributed by atoms with Gasteiger partial charge in [-0.1, -0.05) is 6.07 Å². The molecule has 1 aromatic heterocycles. The number of hydrogen-bond acceptors (Lipinski definition) is 5. The molecule has 2 aromatic rings. The average molecular weight is 280 g/mol. The van der Waals surface area contributed by atoms with Gasteiger partial charge >= 0.3 is 12.0 Å². The van der Waals surface area contributed by atoms with E-state index < -0.39 is 0 Å². The van der Waals surface area contributed by atoms with Crippen LogP contribution in [0.4, 0.5) is 0 Å². The quantitative estimate of drug-likeness (QED) is 0.859. The third-order valence-electron chi connectivity index (χ3n) is 2.53. The van der Waals surface area contributed by atoms with Crippen molar-refractivity contribution in [1.82, 2.24) is 15.0 Å². The van der Waals surface area contributed by atoms with Crippen molar-refractivity contribution in [3.8, 4) is 17.8 Å². The molecule has 0 N–H and O–H groups in total. The molecule has 0 aliphatic rings. The van der Waals surface area contributed by atoms with Crippen molar-refractivity contribution in [3.05, 3.63) is 34.6 Å². The van der Waals surface area contributed by atoms with Crippen molar-refractivity contribution in [1.29, 1.82) is 0 Å². The number of halogens is 1. The number of benzene rings is 1. The number of hydrogen-bond donors (Lipinski definition) is 0. The van der Waals surface area contributed by atoms with Crippen LogP contribution in [0.15, 0.2) is 18.2 Å². The minimum absolute atomic E-state index is 0.0392. The van der Waals surface area contributed by atoms with Crippen LogP contribution in [0.25, 0.3) is 0 Å². The van der Waals surface area contributed by atoms with E-state index in [1.165, 1.54) is 5.56 Å². The van der Waals surface area contributed by atoms with Crippen molar-refractivity contribution >= 4 is 11.6 Å². The topological polar surface area (TPSA) is 57.1 Å². The second-order valence-electron chi connectivity index (χ2n) is 3.95. The lowest BCUT2D eigenvalue weighted by Crippen LogP contribution is -2.01. The minimum Gasteiger partial charge on any atom is -0.464 e. The van der Waals surface area contributed by atoms with E-state index in [0.717, 1.165) is 5.56 Å². The van der Waals surface area contributed by atoms with Crippen molar-refractivity contribution in [2.75, 3.05) is 6.61 Å². The highest BCUT2D eigenvalue weighted by atomic mass is 35.5. The lowest BCUT2D eigenvalue weighted by Gasteiger charge is -2.07. The van der Waals surface area contributed by atoms with E-state index in [9.17, 15) is 0 Å². The zero-order valence-electron chi connectivity index (χ0n) is 11.0. The van der Waals surface area contributed by atoms with Crippen LogP contribution in [0.3, 0.4) is 0 Å². The summed E-state index contributed by atoms with van der Waals surface area (Å²) in [6.45, 7) is 6.32. The smallest absolute Gasteiger partial charge is 0.329 e. The van der Waals surface area contributed by atoms with Gasteiger partial charge in [-0.25, -0.2) is 0 Å². The van der Waals surface area contributed by atoms with Gasteiger partial charge in [0.2, 0.25) is 5.28 Å². The second-order valence-corrected chi connectivity index (χ2v) is 4.29. The van der Waals surface area contributed by atoms with Gasteiger partial charge in [-0.05, 0) is 55.6 Å². The van der Waals surface area contributed by atoms with Crippen LogP contribution >= 0.6 is 11.6 Å². The van der Waals surface area contributed by atoms with Crippen molar-refractivity contribution < 1.29 is 9.47 Å². The van der Waals surface area contributed by atoms with E-state index in [0.29, 0.717) is 12.4 Å². The summed E-state index contributed by atoms with van der Waals surface area (Å²) in [6.07, 6.45) is 0. The Kier molecular flexibility index (Phi) is 4.16. The number of ether oxygens (including phenoxy) is 2. The van der Waals surface area contributed by atoms with E-state index in [-0.39, 0.29) is 17.3 Å². The van der Waals surface area contributed by atoms with E-state index in [2.05, 4.69) is 15.0 Å². The summed E-state index contributed by atoms with van der Waals surface area (Å²) in [7, 11) is 0. The first-order valence-corrected chi connectivity index (χ1v) is 6.25. The Balaban J connectivity index is 2.24. The highest BCUT2D eigenvalue weighted by Crippen LogP contribution is 2.22. The van der Waals surface area contributed by atoms with Gasteiger partial charge in [0, 0.05) is 0 Å². The Labute approximate surface area is 116 Å². The zero-order valence-corrected chi connectivity index (χ0v) is 11.7. The lowest BCUT2D eigenvalue weighted by atomic mass is 10.1.